The Morgan fingerprint density at radius 1 is 1.10 bits per heavy atom. The standard InChI is InChI=1S/C18H28N2O/c1-19-10-8-17(9-11-19)20-13-16(18(14-20)21-2)12-15-6-4-3-5-7-15/h3-7,16-18H,8-14H2,1-2H3/t16?,18-/m1/s1. The molecule has 0 saturated carbocycles. The fourth-order valence-corrected chi connectivity index (χ4v) is 3.91. The highest BCUT2D eigenvalue weighted by molar-refractivity contribution is 5.16. The van der Waals surface area contributed by atoms with Gasteiger partial charge in [-0.05, 0) is 45.0 Å². The highest BCUT2D eigenvalue weighted by Gasteiger charge is 2.36. The number of hydrogen-bond acceptors (Lipinski definition) is 3. The molecule has 2 atom stereocenters. The first-order valence-electron chi connectivity index (χ1n) is 8.25. The van der Waals surface area contributed by atoms with Crippen LogP contribution in [0, 0.1) is 5.92 Å². The lowest BCUT2D eigenvalue weighted by atomic mass is 9.96. The maximum absolute atomic E-state index is 5.79. The van der Waals surface area contributed by atoms with E-state index in [-0.39, 0.29) is 0 Å². The van der Waals surface area contributed by atoms with E-state index in [4.69, 9.17) is 4.74 Å². The van der Waals surface area contributed by atoms with Crippen LogP contribution in [-0.2, 0) is 11.2 Å². The molecule has 0 amide bonds. The zero-order valence-electron chi connectivity index (χ0n) is 13.4. The summed E-state index contributed by atoms with van der Waals surface area (Å²) in [6, 6.07) is 11.6. The first-order valence-corrected chi connectivity index (χ1v) is 8.25. The van der Waals surface area contributed by atoms with Gasteiger partial charge in [0.1, 0.15) is 0 Å². The van der Waals surface area contributed by atoms with Gasteiger partial charge in [-0.1, -0.05) is 30.3 Å². The van der Waals surface area contributed by atoms with Gasteiger partial charge in [-0.3, -0.25) is 4.90 Å². The second-order valence-corrected chi connectivity index (χ2v) is 6.71. The van der Waals surface area contributed by atoms with Crippen molar-refractivity contribution in [3.8, 4) is 0 Å². The van der Waals surface area contributed by atoms with E-state index in [2.05, 4.69) is 47.2 Å². The van der Waals surface area contributed by atoms with E-state index in [9.17, 15) is 0 Å². The van der Waals surface area contributed by atoms with Crippen LogP contribution in [0.3, 0.4) is 0 Å². The molecule has 3 nitrogen and oxygen atoms in total. The number of likely N-dealkylation sites (tertiary alicyclic amines) is 2. The van der Waals surface area contributed by atoms with Gasteiger partial charge < -0.3 is 9.64 Å². The summed E-state index contributed by atoms with van der Waals surface area (Å²) in [5.74, 6) is 0.636. The molecule has 0 spiro atoms. The highest BCUT2D eigenvalue weighted by Crippen LogP contribution is 2.28. The summed E-state index contributed by atoms with van der Waals surface area (Å²) in [5.41, 5.74) is 1.44. The van der Waals surface area contributed by atoms with Crippen molar-refractivity contribution in [2.45, 2.75) is 31.4 Å². The molecule has 2 heterocycles. The predicted molar refractivity (Wildman–Crippen MR) is 86.5 cm³/mol. The molecule has 0 bridgehead atoms. The Bertz CT molecular complexity index is 428. The Morgan fingerprint density at radius 2 is 1.81 bits per heavy atom. The van der Waals surface area contributed by atoms with Crippen molar-refractivity contribution in [1.82, 2.24) is 9.80 Å². The third-order valence-electron chi connectivity index (χ3n) is 5.26. The second kappa shape index (κ2) is 6.91. The third-order valence-corrected chi connectivity index (χ3v) is 5.26. The molecule has 3 heteroatoms. The van der Waals surface area contributed by atoms with Gasteiger partial charge in [0.2, 0.25) is 0 Å². The molecule has 3 rings (SSSR count). The zero-order chi connectivity index (χ0) is 14.7. The topological polar surface area (TPSA) is 15.7 Å². The quantitative estimate of drug-likeness (QED) is 0.845. The van der Waals surface area contributed by atoms with Crippen molar-refractivity contribution >= 4 is 0 Å². The summed E-state index contributed by atoms with van der Waals surface area (Å²) in [6.45, 7) is 4.79. The lowest BCUT2D eigenvalue weighted by Gasteiger charge is -2.35. The Morgan fingerprint density at radius 3 is 2.48 bits per heavy atom. The molecule has 0 radical (unpaired) electrons. The number of piperidine rings is 1. The van der Waals surface area contributed by atoms with E-state index < -0.39 is 0 Å². The van der Waals surface area contributed by atoms with E-state index >= 15 is 0 Å². The van der Waals surface area contributed by atoms with Gasteiger partial charge in [-0.15, -0.1) is 0 Å². The van der Waals surface area contributed by atoms with E-state index in [1.165, 1.54) is 38.0 Å². The van der Waals surface area contributed by atoms with Crippen LogP contribution < -0.4 is 0 Å². The molecular formula is C18H28N2O. The number of nitrogens with zero attached hydrogens (tertiary/aromatic N) is 2. The van der Waals surface area contributed by atoms with Gasteiger partial charge in [0.15, 0.2) is 0 Å². The van der Waals surface area contributed by atoms with Gasteiger partial charge in [0.05, 0.1) is 6.10 Å². The Labute approximate surface area is 128 Å². The van der Waals surface area contributed by atoms with E-state index in [1.807, 2.05) is 7.11 Å². The predicted octanol–water partition coefficient (Wildman–Crippen LogP) is 2.27. The van der Waals surface area contributed by atoms with Crippen LogP contribution >= 0.6 is 0 Å². The van der Waals surface area contributed by atoms with E-state index in [0.717, 1.165) is 19.0 Å². The SMILES string of the molecule is CO[C@@H]1CN(C2CCN(C)CC2)CC1Cc1ccccc1. The first kappa shape index (κ1) is 15.0. The number of hydrogen-bond donors (Lipinski definition) is 0. The van der Waals surface area contributed by atoms with Crippen LogP contribution in [-0.4, -0.2) is 62.3 Å². The van der Waals surface area contributed by atoms with Crippen molar-refractivity contribution in [3.63, 3.8) is 0 Å². The van der Waals surface area contributed by atoms with Gasteiger partial charge in [-0.2, -0.15) is 0 Å². The minimum Gasteiger partial charge on any atom is -0.380 e. The number of benzene rings is 1. The van der Waals surface area contributed by atoms with Crippen LogP contribution in [0.2, 0.25) is 0 Å². The number of ether oxygens (including phenoxy) is 1. The van der Waals surface area contributed by atoms with E-state index in [1.54, 1.807) is 0 Å². The smallest absolute Gasteiger partial charge is 0.0741 e. The van der Waals surface area contributed by atoms with Crippen LogP contribution in [0.1, 0.15) is 18.4 Å². The molecule has 2 aliphatic heterocycles. The molecule has 0 N–H and O–H groups in total. The first-order chi connectivity index (χ1) is 10.3. The summed E-state index contributed by atoms with van der Waals surface area (Å²) in [7, 11) is 4.11. The average molecular weight is 288 g/mol. The van der Waals surface area contributed by atoms with Crippen LogP contribution in [0.25, 0.3) is 0 Å². The Hall–Kier alpha value is -0.900. The molecular weight excluding hydrogens is 260 g/mol. The van der Waals surface area contributed by atoms with Crippen molar-refractivity contribution in [2.24, 2.45) is 5.92 Å². The van der Waals surface area contributed by atoms with Crippen LogP contribution in [0.4, 0.5) is 0 Å². The average Bonchev–Trinajstić information content (AvgIpc) is 2.92. The molecule has 2 fully saturated rings. The summed E-state index contributed by atoms with van der Waals surface area (Å²) in [4.78, 5) is 5.14. The Balaban J connectivity index is 1.60. The normalized spacial score (nSPS) is 29.0. The molecule has 1 aromatic rings. The molecule has 0 aromatic heterocycles. The fourth-order valence-electron chi connectivity index (χ4n) is 3.91. The van der Waals surface area contributed by atoms with Gasteiger partial charge in [-0.25, -0.2) is 0 Å². The molecule has 0 aliphatic carbocycles. The maximum atomic E-state index is 5.79. The summed E-state index contributed by atoms with van der Waals surface area (Å²) in [5, 5.41) is 0. The number of methoxy groups -OCH3 is 1. The maximum Gasteiger partial charge on any atom is 0.0741 e. The monoisotopic (exact) mass is 288 g/mol. The van der Waals surface area contributed by atoms with Crippen molar-refractivity contribution in [1.29, 1.82) is 0 Å². The van der Waals surface area contributed by atoms with Crippen molar-refractivity contribution in [2.75, 3.05) is 40.3 Å². The van der Waals surface area contributed by atoms with Crippen LogP contribution in [0.15, 0.2) is 30.3 Å². The molecule has 2 aliphatic rings. The molecule has 1 unspecified atom stereocenters. The van der Waals surface area contributed by atoms with Gasteiger partial charge in [0.25, 0.3) is 0 Å². The second-order valence-electron chi connectivity index (χ2n) is 6.71. The van der Waals surface area contributed by atoms with Gasteiger partial charge >= 0.3 is 0 Å². The summed E-state index contributed by atoms with van der Waals surface area (Å²) >= 11 is 0. The summed E-state index contributed by atoms with van der Waals surface area (Å²) in [6.07, 6.45) is 4.16. The lowest BCUT2D eigenvalue weighted by molar-refractivity contribution is 0.0712. The van der Waals surface area contributed by atoms with E-state index in [0.29, 0.717) is 12.0 Å². The molecule has 2 saturated heterocycles. The molecule has 1 aromatic carbocycles. The summed E-state index contributed by atoms with van der Waals surface area (Å²) < 4.78 is 5.79. The lowest BCUT2D eigenvalue weighted by Crippen LogP contribution is -2.43. The minimum atomic E-state index is 0.393. The molecule has 21 heavy (non-hydrogen) atoms. The fraction of sp³-hybridized carbons (Fsp3) is 0.667. The largest absolute Gasteiger partial charge is 0.380 e. The third kappa shape index (κ3) is 3.65. The number of rotatable bonds is 4. The molecule has 116 valence electrons. The highest BCUT2D eigenvalue weighted by atomic mass is 16.5. The van der Waals surface area contributed by atoms with Gasteiger partial charge in [0, 0.05) is 32.2 Å². The zero-order valence-corrected chi connectivity index (χ0v) is 13.4. The Kier molecular flexibility index (Phi) is 4.94. The van der Waals surface area contributed by atoms with Crippen molar-refractivity contribution < 1.29 is 4.74 Å². The van der Waals surface area contributed by atoms with Crippen LogP contribution in [0.5, 0.6) is 0 Å². The van der Waals surface area contributed by atoms with Crippen molar-refractivity contribution in [3.05, 3.63) is 35.9 Å². The minimum absolute atomic E-state index is 0.393.